The van der Waals surface area contributed by atoms with Gasteiger partial charge in [-0.25, -0.2) is 0 Å². The molecule has 0 atom stereocenters. The van der Waals surface area contributed by atoms with Crippen molar-refractivity contribution >= 4 is 40.5 Å². The average Bonchev–Trinajstić information content (AvgIpc) is 2.80. The summed E-state index contributed by atoms with van der Waals surface area (Å²) in [6.45, 7) is 13.9. The van der Waals surface area contributed by atoms with Crippen molar-refractivity contribution < 1.29 is 9.53 Å². The van der Waals surface area contributed by atoms with Crippen LogP contribution >= 0.6 is 23.2 Å². The lowest BCUT2D eigenvalue weighted by Crippen LogP contribution is -2.49. The molecule has 2 heterocycles. The van der Waals surface area contributed by atoms with Crippen molar-refractivity contribution in [2.45, 2.75) is 46.0 Å². The molecule has 0 spiro atoms. The van der Waals surface area contributed by atoms with E-state index in [1.54, 1.807) is 0 Å². The molecule has 0 unspecified atom stereocenters. The van der Waals surface area contributed by atoms with E-state index in [2.05, 4.69) is 35.0 Å². The highest BCUT2D eigenvalue weighted by molar-refractivity contribution is 6.43. The number of carbonyl (C=O) groups is 1. The van der Waals surface area contributed by atoms with Crippen LogP contribution in [-0.2, 0) is 10.2 Å². The van der Waals surface area contributed by atoms with Gasteiger partial charge in [-0.1, -0.05) is 63.0 Å². The number of halogens is 2. The monoisotopic (exact) mass is 503 g/mol. The number of fused-ring (bicyclic) bond motifs is 1. The first-order chi connectivity index (χ1) is 16.1. The molecule has 1 saturated heterocycles. The van der Waals surface area contributed by atoms with E-state index < -0.39 is 5.41 Å². The van der Waals surface area contributed by atoms with E-state index in [0.29, 0.717) is 16.7 Å². The molecule has 0 radical (unpaired) electrons. The average molecular weight is 505 g/mol. The van der Waals surface area contributed by atoms with Crippen LogP contribution in [0.4, 0.5) is 11.4 Å². The van der Waals surface area contributed by atoms with E-state index in [1.165, 1.54) is 0 Å². The largest absolute Gasteiger partial charge is 0.494 e. The lowest BCUT2D eigenvalue weighted by atomic mass is 9.61. The predicted molar refractivity (Wildman–Crippen MR) is 142 cm³/mol. The van der Waals surface area contributed by atoms with Gasteiger partial charge in [0.2, 0.25) is 5.91 Å². The molecule has 0 aromatic heterocycles. The maximum absolute atomic E-state index is 12.6. The standard InChI is InChI=1S/C27H35Cl2N3O2/c1-26(2)20-11-10-19(18-22(20)30-25(33)27(26,3)4)34-17-6-5-12-31-13-15-32(16-14-31)23-9-7-8-21(28)24(23)29/h7-11,18H,5-6,12-17H2,1-4H3,(H,30,33). The molecule has 2 aromatic rings. The van der Waals surface area contributed by atoms with Crippen LogP contribution in [0.25, 0.3) is 0 Å². The number of benzene rings is 2. The molecule has 2 aromatic carbocycles. The Labute approximate surface area is 213 Å². The summed E-state index contributed by atoms with van der Waals surface area (Å²) in [6.07, 6.45) is 2.07. The minimum atomic E-state index is -0.464. The van der Waals surface area contributed by atoms with E-state index in [-0.39, 0.29) is 11.3 Å². The molecule has 5 nitrogen and oxygen atoms in total. The van der Waals surface area contributed by atoms with Crippen LogP contribution in [0, 0.1) is 5.41 Å². The van der Waals surface area contributed by atoms with Crippen LogP contribution in [0.1, 0.15) is 46.1 Å². The maximum atomic E-state index is 12.6. The van der Waals surface area contributed by atoms with Gasteiger partial charge >= 0.3 is 0 Å². The molecule has 7 heteroatoms. The van der Waals surface area contributed by atoms with Crippen molar-refractivity contribution in [3.05, 3.63) is 52.0 Å². The number of amides is 1. The summed E-state index contributed by atoms with van der Waals surface area (Å²) < 4.78 is 6.01. The van der Waals surface area contributed by atoms with Gasteiger partial charge in [0.1, 0.15) is 5.75 Å². The smallest absolute Gasteiger partial charge is 0.230 e. The van der Waals surface area contributed by atoms with Gasteiger partial charge in [0.25, 0.3) is 0 Å². The van der Waals surface area contributed by atoms with Crippen molar-refractivity contribution in [1.82, 2.24) is 4.90 Å². The fraction of sp³-hybridized carbons (Fsp3) is 0.519. The number of nitrogens with one attached hydrogen (secondary N) is 1. The number of anilines is 2. The molecule has 0 saturated carbocycles. The van der Waals surface area contributed by atoms with Gasteiger partial charge in [0.15, 0.2) is 0 Å². The second kappa shape index (κ2) is 9.96. The van der Waals surface area contributed by atoms with Gasteiger partial charge in [-0.15, -0.1) is 0 Å². The van der Waals surface area contributed by atoms with Crippen molar-refractivity contribution in [2.24, 2.45) is 5.41 Å². The minimum Gasteiger partial charge on any atom is -0.494 e. The topological polar surface area (TPSA) is 44.8 Å². The van der Waals surface area contributed by atoms with Gasteiger partial charge < -0.3 is 15.0 Å². The summed E-state index contributed by atoms with van der Waals surface area (Å²) >= 11 is 12.6. The summed E-state index contributed by atoms with van der Waals surface area (Å²) in [7, 11) is 0. The molecule has 2 aliphatic rings. The molecule has 4 rings (SSSR count). The lowest BCUT2D eigenvalue weighted by molar-refractivity contribution is -0.127. The summed E-state index contributed by atoms with van der Waals surface area (Å²) in [5, 5.41) is 4.32. The van der Waals surface area contributed by atoms with Gasteiger partial charge in [-0.2, -0.15) is 0 Å². The Morgan fingerprint density at radius 3 is 2.44 bits per heavy atom. The molecule has 1 amide bonds. The Morgan fingerprint density at radius 1 is 0.971 bits per heavy atom. The van der Waals surface area contributed by atoms with Crippen molar-refractivity contribution in [3.63, 3.8) is 0 Å². The Balaban J connectivity index is 1.21. The Kier molecular flexibility index (Phi) is 7.37. The normalized spacial score (nSPS) is 19.5. The van der Waals surface area contributed by atoms with Crippen molar-refractivity contribution in [3.8, 4) is 5.75 Å². The van der Waals surface area contributed by atoms with Gasteiger partial charge in [0, 0.05) is 43.3 Å². The summed E-state index contributed by atoms with van der Waals surface area (Å²) in [4.78, 5) is 17.4. The van der Waals surface area contributed by atoms with Crippen LogP contribution < -0.4 is 15.0 Å². The zero-order valence-electron chi connectivity index (χ0n) is 20.6. The van der Waals surface area contributed by atoms with Crippen LogP contribution in [0.3, 0.4) is 0 Å². The quantitative estimate of drug-likeness (QED) is 0.454. The summed E-state index contributed by atoms with van der Waals surface area (Å²) in [5.74, 6) is 0.862. The van der Waals surface area contributed by atoms with Crippen LogP contribution in [-0.4, -0.2) is 50.1 Å². The third kappa shape index (κ3) is 4.89. The number of hydrogen-bond acceptors (Lipinski definition) is 4. The number of ether oxygens (including phenoxy) is 1. The van der Waals surface area contributed by atoms with E-state index in [0.717, 1.165) is 68.3 Å². The van der Waals surface area contributed by atoms with E-state index in [4.69, 9.17) is 27.9 Å². The summed E-state index contributed by atoms with van der Waals surface area (Å²) in [5.41, 5.74) is 2.34. The molecule has 2 aliphatic heterocycles. The fourth-order valence-corrected chi connectivity index (χ4v) is 5.15. The van der Waals surface area contributed by atoms with Crippen molar-refractivity contribution in [2.75, 3.05) is 49.5 Å². The van der Waals surface area contributed by atoms with E-state index in [1.807, 2.05) is 44.2 Å². The number of rotatable bonds is 7. The highest BCUT2D eigenvalue weighted by Crippen LogP contribution is 2.49. The maximum Gasteiger partial charge on any atom is 0.230 e. The molecule has 0 aliphatic carbocycles. The number of carbonyl (C=O) groups excluding carboxylic acids is 1. The zero-order valence-corrected chi connectivity index (χ0v) is 22.1. The van der Waals surface area contributed by atoms with Crippen molar-refractivity contribution in [1.29, 1.82) is 0 Å². The van der Waals surface area contributed by atoms with Gasteiger partial charge in [0.05, 0.1) is 27.8 Å². The molecule has 34 heavy (non-hydrogen) atoms. The molecule has 184 valence electrons. The highest BCUT2D eigenvalue weighted by atomic mass is 35.5. The molecule has 1 fully saturated rings. The molecular weight excluding hydrogens is 469 g/mol. The second-order valence-electron chi connectivity index (χ2n) is 10.4. The fourth-order valence-electron chi connectivity index (χ4n) is 4.74. The number of unbranched alkanes of at least 4 members (excludes halogenated alkanes) is 1. The first kappa shape index (κ1) is 25.2. The van der Waals surface area contributed by atoms with Crippen LogP contribution in [0.15, 0.2) is 36.4 Å². The zero-order chi connectivity index (χ0) is 24.5. The summed E-state index contributed by atoms with van der Waals surface area (Å²) in [6, 6.07) is 11.9. The first-order valence-electron chi connectivity index (χ1n) is 12.1. The first-order valence-corrected chi connectivity index (χ1v) is 12.9. The van der Waals surface area contributed by atoms with Crippen LogP contribution in [0.2, 0.25) is 10.0 Å². The van der Waals surface area contributed by atoms with Crippen LogP contribution in [0.5, 0.6) is 5.75 Å². The SMILES string of the molecule is CC1(C)C(=O)Nc2cc(OCCCCN3CCN(c4cccc(Cl)c4Cl)CC3)ccc2C1(C)C. The third-order valence-corrected chi connectivity index (χ3v) is 8.63. The second-order valence-corrected chi connectivity index (χ2v) is 11.2. The van der Waals surface area contributed by atoms with Gasteiger partial charge in [-0.3, -0.25) is 9.69 Å². The predicted octanol–water partition coefficient (Wildman–Crippen LogP) is 6.23. The highest BCUT2D eigenvalue weighted by Gasteiger charge is 2.48. The van der Waals surface area contributed by atoms with E-state index >= 15 is 0 Å². The lowest BCUT2D eigenvalue weighted by Gasteiger charge is -2.45. The Hall–Kier alpha value is -1.95. The Bertz CT molecular complexity index is 1050. The van der Waals surface area contributed by atoms with Gasteiger partial charge in [-0.05, 0) is 43.1 Å². The number of hydrogen-bond donors (Lipinski definition) is 1. The Morgan fingerprint density at radius 2 is 1.71 bits per heavy atom. The number of piperazine rings is 1. The number of nitrogens with zero attached hydrogens (tertiary/aromatic N) is 2. The molecular formula is C27H35Cl2N3O2. The molecule has 1 N–H and O–H groups in total. The third-order valence-electron chi connectivity index (χ3n) is 7.82. The minimum absolute atomic E-state index is 0.0554. The molecule has 0 bridgehead atoms. The van der Waals surface area contributed by atoms with E-state index in [9.17, 15) is 4.79 Å².